The van der Waals surface area contributed by atoms with Crippen LogP contribution in [0.3, 0.4) is 0 Å². The molecule has 0 unspecified atom stereocenters. The van der Waals surface area contributed by atoms with E-state index in [0.717, 1.165) is 26.8 Å². The molecule has 1 aliphatic carbocycles. The number of fused-ring (bicyclic) bond motifs is 1. The van der Waals surface area contributed by atoms with Gasteiger partial charge in [0.15, 0.2) is 0 Å². The predicted molar refractivity (Wildman–Crippen MR) is 117 cm³/mol. The van der Waals surface area contributed by atoms with E-state index in [1.165, 1.54) is 12.8 Å². The number of benzene rings is 1. The average molecular weight is 421 g/mol. The second-order valence-electron chi connectivity index (χ2n) is 8.17. The van der Waals surface area contributed by atoms with E-state index in [-0.39, 0.29) is 23.9 Å². The quantitative estimate of drug-likeness (QED) is 0.680. The lowest BCUT2D eigenvalue weighted by Gasteiger charge is -2.45. The molecule has 0 radical (unpaired) electrons. The molecule has 7 nitrogen and oxygen atoms in total. The summed E-state index contributed by atoms with van der Waals surface area (Å²) >= 11 is 1.57. The van der Waals surface area contributed by atoms with Crippen LogP contribution in [0.15, 0.2) is 36.7 Å². The van der Waals surface area contributed by atoms with Gasteiger partial charge >= 0.3 is 0 Å². The molecule has 0 saturated heterocycles. The highest BCUT2D eigenvalue weighted by molar-refractivity contribution is 7.14. The van der Waals surface area contributed by atoms with Crippen LogP contribution in [0.1, 0.15) is 43.3 Å². The average Bonchev–Trinajstić information content (AvgIpc) is 3.49. The van der Waals surface area contributed by atoms with Gasteiger partial charge in [0.2, 0.25) is 11.9 Å². The van der Waals surface area contributed by atoms with Crippen LogP contribution < -0.4 is 10.2 Å². The topological polar surface area (TPSA) is 83.9 Å². The van der Waals surface area contributed by atoms with Gasteiger partial charge in [-0.3, -0.25) is 4.79 Å². The number of aromatic nitrogens is 4. The van der Waals surface area contributed by atoms with E-state index in [1.807, 2.05) is 24.0 Å². The molecule has 30 heavy (non-hydrogen) atoms. The van der Waals surface area contributed by atoms with E-state index in [0.29, 0.717) is 11.9 Å². The number of carbonyl (C=O) groups excluding carboxylic acids is 1. The zero-order chi connectivity index (χ0) is 20.8. The first kappa shape index (κ1) is 19.1. The van der Waals surface area contributed by atoms with E-state index < -0.39 is 0 Å². The van der Waals surface area contributed by atoms with E-state index in [2.05, 4.69) is 44.5 Å². The van der Waals surface area contributed by atoms with Gasteiger partial charge in [-0.15, -0.1) is 10.2 Å². The zero-order valence-corrected chi connectivity index (χ0v) is 18.1. The summed E-state index contributed by atoms with van der Waals surface area (Å²) in [7, 11) is 0. The van der Waals surface area contributed by atoms with Crippen molar-refractivity contribution in [3.8, 4) is 10.6 Å². The highest BCUT2D eigenvalue weighted by Gasteiger charge is 2.47. The molecular formula is C22H24N6OS. The van der Waals surface area contributed by atoms with Crippen LogP contribution in [-0.4, -0.2) is 32.1 Å². The maximum Gasteiger partial charge on any atom is 0.224 e. The lowest BCUT2D eigenvalue weighted by molar-refractivity contribution is -0.117. The molecule has 0 spiro atoms. The molecule has 8 heteroatoms. The van der Waals surface area contributed by atoms with E-state index in [9.17, 15) is 4.79 Å². The predicted octanol–water partition coefficient (Wildman–Crippen LogP) is 4.24. The summed E-state index contributed by atoms with van der Waals surface area (Å²) in [5.41, 5.74) is 3.06. The van der Waals surface area contributed by atoms with Gasteiger partial charge in [-0.2, -0.15) is 0 Å². The van der Waals surface area contributed by atoms with Crippen molar-refractivity contribution in [3.05, 3.63) is 47.2 Å². The molecule has 5 rings (SSSR count). The van der Waals surface area contributed by atoms with E-state index >= 15 is 0 Å². The highest BCUT2D eigenvalue weighted by atomic mass is 32.1. The molecule has 1 aromatic carbocycles. The van der Waals surface area contributed by atoms with Gasteiger partial charge in [0, 0.05) is 42.5 Å². The number of rotatable bonds is 4. The summed E-state index contributed by atoms with van der Waals surface area (Å²) < 4.78 is 0. The minimum Gasteiger partial charge on any atom is -0.347 e. The fraction of sp³-hybridized carbons (Fsp3) is 0.409. The molecule has 3 atom stereocenters. The number of carbonyl (C=O) groups is 1. The second-order valence-corrected chi connectivity index (χ2v) is 9.35. The number of anilines is 2. The van der Waals surface area contributed by atoms with Crippen molar-refractivity contribution in [1.29, 1.82) is 0 Å². The first-order valence-corrected chi connectivity index (χ1v) is 11.1. The molecule has 2 aromatic heterocycles. The smallest absolute Gasteiger partial charge is 0.224 e. The molecule has 1 aliphatic heterocycles. The maximum atomic E-state index is 12.7. The monoisotopic (exact) mass is 420 g/mol. The Hall–Kier alpha value is -2.87. The minimum absolute atomic E-state index is 0.00225. The third-order valence-electron chi connectivity index (χ3n) is 6.05. The highest BCUT2D eigenvalue weighted by Crippen LogP contribution is 2.50. The lowest BCUT2D eigenvalue weighted by Crippen LogP contribution is -2.51. The Balaban J connectivity index is 1.64. The van der Waals surface area contributed by atoms with E-state index in [1.54, 1.807) is 30.7 Å². The van der Waals surface area contributed by atoms with Crippen molar-refractivity contribution in [1.82, 2.24) is 20.2 Å². The Morgan fingerprint density at radius 3 is 2.60 bits per heavy atom. The summed E-state index contributed by atoms with van der Waals surface area (Å²) in [6.07, 6.45) is 5.82. The van der Waals surface area contributed by atoms with Gasteiger partial charge in [-0.1, -0.05) is 18.3 Å². The largest absolute Gasteiger partial charge is 0.347 e. The summed E-state index contributed by atoms with van der Waals surface area (Å²) in [4.78, 5) is 23.5. The van der Waals surface area contributed by atoms with Crippen LogP contribution in [0, 0.1) is 18.8 Å². The first-order chi connectivity index (χ1) is 14.5. The third kappa shape index (κ3) is 3.35. The fourth-order valence-corrected chi connectivity index (χ4v) is 5.31. The van der Waals surface area contributed by atoms with Crippen molar-refractivity contribution >= 4 is 28.9 Å². The number of amides is 1. The van der Waals surface area contributed by atoms with Crippen molar-refractivity contribution in [2.45, 2.75) is 45.7 Å². The van der Waals surface area contributed by atoms with Crippen molar-refractivity contribution < 1.29 is 4.79 Å². The molecule has 3 heterocycles. The Morgan fingerprint density at radius 1 is 1.20 bits per heavy atom. The Labute approximate surface area is 179 Å². The minimum atomic E-state index is -0.00225. The van der Waals surface area contributed by atoms with Gasteiger partial charge < -0.3 is 10.2 Å². The molecule has 1 amide bonds. The van der Waals surface area contributed by atoms with Crippen LogP contribution in [-0.2, 0) is 4.79 Å². The Kier molecular flexibility index (Phi) is 4.73. The zero-order valence-electron chi connectivity index (χ0n) is 17.2. The summed E-state index contributed by atoms with van der Waals surface area (Å²) in [6.45, 7) is 5.85. The Bertz CT molecular complexity index is 1080. The van der Waals surface area contributed by atoms with Gasteiger partial charge in [-0.05, 0) is 55.5 Å². The summed E-state index contributed by atoms with van der Waals surface area (Å²) in [5, 5.41) is 13.8. The maximum absolute atomic E-state index is 12.7. The fourth-order valence-electron chi connectivity index (χ4n) is 4.62. The van der Waals surface area contributed by atoms with Crippen LogP contribution in [0.4, 0.5) is 11.6 Å². The normalized spacial score (nSPS) is 23.2. The number of hydrogen-bond acceptors (Lipinski definition) is 7. The molecule has 2 aliphatic rings. The number of aryl methyl sites for hydroxylation is 1. The van der Waals surface area contributed by atoms with Gasteiger partial charge in [0.05, 0.1) is 6.04 Å². The number of nitrogens with zero attached hydrogens (tertiary/aromatic N) is 5. The third-order valence-corrected chi connectivity index (χ3v) is 6.94. The van der Waals surface area contributed by atoms with Crippen LogP contribution in [0.25, 0.3) is 10.6 Å². The summed E-state index contributed by atoms with van der Waals surface area (Å²) in [6, 6.07) is 8.23. The van der Waals surface area contributed by atoms with Crippen LogP contribution >= 0.6 is 11.3 Å². The molecule has 1 saturated carbocycles. The first-order valence-electron chi connectivity index (χ1n) is 10.3. The molecule has 1 N–H and O–H groups in total. The molecule has 1 fully saturated rings. The molecule has 154 valence electrons. The van der Waals surface area contributed by atoms with Gasteiger partial charge in [0.25, 0.3) is 0 Å². The van der Waals surface area contributed by atoms with Crippen molar-refractivity contribution in [3.63, 3.8) is 0 Å². The summed E-state index contributed by atoms with van der Waals surface area (Å²) in [5.74, 6) is 1.45. The molecule has 3 aromatic rings. The van der Waals surface area contributed by atoms with Crippen molar-refractivity contribution in [2.75, 3.05) is 10.2 Å². The molecule has 0 bridgehead atoms. The van der Waals surface area contributed by atoms with Gasteiger partial charge in [-0.25, -0.2) is 9.97 Å². The SMILES string of the molecule is CC(=O)N1c2ccc(-c3nnc(C)s3)cc2[C@H](Nc2ncccn2)[C@@H](C)[C@@H]1C1CC1. The van der Waals surface area contributed by atoms with E-state index in [4.69, 9.17) is 0 Å². The second kappa shape index (κ2) is 7.43. The Morgan fingerprint density at radius 2 is 1.97 bits per heavy atom. The van der Waals surface area contributed by atoms with Crippen LogP contribution in [0.2, 0.25) is 0 Å². The van der Waals surface area contributed by atoms with Gasteiger partial charge in [0.1, 0.15) is 10.0 Å². The number of nitrogens with one attached hydrogen (secondary N) is 1. The molecular weight excluding hydrogens is 396 g/mol. The standard InChI is InChI=1S/C22H24N6OS/c1-12-19(25-22-23-9-4-10-24-22)17-11-16(21-27-26-13(2)30-21)7-8-18(17)28(14(3)29)20(12)15-5-6-15/h4,7-12,15,19-20H,5-6H2,1-3H3,(H,23,24,25)/t12-,19-,20-/m1/s1. The lowest BCUT2D eigenvalue weighted by atomic mass is 9.79. The number of hydrogen-bond donors (Lipinski definition) is 1. The van der Waals surface area contributed by atoms with Crippen molar-refractivity contribution in [2.24, 2.45) is 11.8 Å². The van der Waals surface area contributed by atoms with Crippen LogP contribution in [0.5, 0.6) is 0 Å².